The molecule has 0 aliphatic carbocycles. The van der Waals surface area contributed by atoms with Crippen molar-refractivity contribution in [2.24, 2.45) is 4.99 Å². The Morgan fingerprint density at radius 1 is 0.793 bits per heavy atom. The van der Waals surface area contributed by atoms with Gasteiger partial charge in [-0.1, -0.05) is 36.8 Å². The van der Waals surface area contributed by atoms with Crippen molar-refractivity contribution in [2.45, 2.75) is 25.8 Å². The molecule has 29 heavy (non-hydrogen) atoms. The lowest BCUT2D eigenvalue weighted by atomic mass is 10.1. The van der Waals surface area contributed by atoms with Crippen LogP contribution in [-0.4, -0.2) is 93.2 Å². The predicted octanol–water partition coefficient (Wildman–Crippen LogP) is 2.07. The van der Waals surface area contributed by atoms with Gasteiger partial charge >= 0.3 is 0 Å². The molecule has 2 fully saturated rings. The Balaban J connectivity index is 0.00000300. The van der Waals surface area contributed by atoms with E-state index in [1.165, 1.54) is 37.9 Å². The van der Waals surface area contributed by atoms with Crippen molar-refractivity contribution >= 4 is 29.9 Å². The van der Waals surface area contributed by atoms with E-state index in [2.05, 4.69) is 60.7 Å². The molecule has 164 valence electrons. The normalized spacial score (nSPS) is 19.6. The number of hydrogen-bond acceptors (Lipinski definition) is 4. The molecule has 0 unspecified atom stereocenters. The van der Waals surface area contributed by atoms with Crippen molar-refractivity contribution in [1.82, 2.24) is 25.3 Å². The van der Waals surface area contributed by atoms with E-state index in [1.54, 1.807) is 0 Å². The third-order valence-electron chi connectivity index (χ3n) is 5.83. The molecule has 7 heteroatoms. The Kier molecular flexibility index (Phi) is 11.9. The lowest BCUT2D eigenvalue weighted by Gasteiger charge is -2.34. The highest BCUT2D eigenvalue weighted by Crippen LogP contribution is 2.08. The van der Waals surface area contributed by atoms with Crippen LogP contribution >= 0.6 is 24.0 Å². The van der Waals surface area contributed by atoms with E-state index < -0.39 is 0 Å². The summed E-state index contributed by atoms with van der Waals surface area (Å²) in [4.78, 5) is 12.0. The van der Waals surface area contributed by atoms with E-state index in [0.29, 0.717) is 0 Å². The first-order chi connectivity index (χ1) is 13.8. The maximum atomic E-state index is 4.36. The van der Waals surface area contributed by atoms with Crippen LogP contribution in [0.2, 0.25) is 0 Å². The number of benzene rings is 1. The summed E-state index contributed by atoms with van der Waals surface area (Å²) in [5, 5.41) is 6.93. The number of piperazine rings is 1. The van der Waals surface area contributed by atoms with Gasteiger partial charge in [-0.25, -0.2) is 0 Å². The molecular weight excluding hydrogens is 475 g/mol. The van der Waals surface area contributed by atoms with Crippen LogP contribution in [-0.2, 0) is 6.54 Å². The average Bonchev–Trinajstić information content (AvgIpc) is 2.75. The molecule has 0 amide bonds. The van der Waals surface area contributed by atoms with Crippen LogP contribution in [0.4, 0.5) is 0 Å². The molecule has 0 atom stereocenters. The Hall–Kier alpha value is -0.900. The van der Waals surface area contributed by atoms with Gasteiger partial charge in [0.15, 0.2) is 5.96 Å². The number of aliphatic imine (C=N–C) groups is 1. The quantitative estimate of drug-likeness (QED) is 0.316. The molecule has 1 aromatic carbocycles. The topological polar surface area (TPSA) is 46.1 Å². The number of rotatable bonds is 8. The van der Waals surface area contributed by atoms with E-state index in [9.17, 15) is 0 Å². The fourth-order valence-electron chi connectivity index (χ4n) is 4.08. The van der Waals surface area contributed by atoms with Crippen molar-refractivity contribution in [2.75, 3.05) is 72.5 Å². The highest BCUT2D eigenvalue weighted by molar-refractivity contribution is 14.0. The minimum Gasteiger partial charge on any atom is -0.355 e. The van der Waals surface area contributed by atoms with Crippen LogP contribution in [0.25, 0.3) is 0 Å². The molecular formula is C22H39IN6. The smallest absolute Gasteiger partial charge is 0.191 e. The number of piperidine rings is 1. The standard InChI is InChI=1S/C22H38N6.HI/c1-23-22(24-10-14-26-12-6-3-7-13-26)25-11-15-27-16-18-28(19-17-27)20-21-8-4-2-5-9-21;/h2,4-5,8-9H,3,6-7,10-20H2,1H3,(H2,23,24,25);1H. The average molecular weight is 515 g/mol. The second kappa shape index (κ2) is 14.2. The van der Waals surface area contributed by atoms with Gasteiger partial charge in [-0.05, 0) is 31.5 Å². The summed E-state index contributed by atoms with van der Waals surface area (Å²) in [6.07, 6.45) is 4.10. The van der Waals surface area contributed by atoms with Gasteiger partial charge in [-0.2, -0.15) is 0 Å². The van der Waals surface area contributed by atoms with E-state index in [-0.39, 0.29) is 24.0 Å². The first kappa shape index (κ1) is 24.4. The van der Waals surface area contributed by atoms with Gasteiger partial charge in [-0.3, -0.25) is 14.8 Å². The van der Waals surface area contributed by atoms with Crippen LogP contribution in [0.1, 0.15) is 24.8 Å². The van der Waals surface area contributed by atoms with E-state index in [1.807, 2.05) is 7.05 Å². The van der Waals surface area contributed by atoms with Crippen molar-refractivity contribution in [3.63, 3.8) is 0 Å². The second-order valence-corrected chi connectivity index (χ2v) is 7.93. The Morgan fingerprint density at radius 3 is 1.93 bits per heavy atom. The van der Waals surface area contributed by atoms with Crippen LogP contribution in [0, 0.1) is 0 Å². The van der Waals surface area contributed by atoms with Crippen LogP contribution in [0.3, 0.4) is 0 Å². The first-order valence-corrected chi connectivity index (χ1v) is 11.0. The number of likely N-dealkylation sites (tertiary alicyclic amines) is 1. The maximum absolute atomic E-state index is 4.36. The molecule has 0 aromatic heterocycles. The number of nitrogens with one attached hydrogen (secondary N) is 2. The van der Waals surface area contributed by atoms with Crippen molar-refractivity contribution in [3.8, 4) is 0 Å². The zero-order valence-electron chi connectivity index (χ0n) is 18.0. The van der Waals surface area contributed by atoms with Gasteiger partial charge in [0.2, 0.25) is 0 Å². The number of nitrogens with zero attached hydrogens (tertiary/aromatic N) is 4. The highest BCUT2D eigenvalue weighted by atomic mass is 127. The van der Waals surface area contributed by atoms with E-state index >= 15 is 0 Å². The summed E-state index contributed by atoms with van der Waals surface area (Å²) in [6.45, 7) is 12.3. The molecule has 0 bridgehead atoms. The van der Waals surface area contributed by atoms with Gasteiger partial charge in [-0.15, -0.1) is 24.0 Å². The van der Waals surface area contributed by atoms with Gasteiger partial charge < -0.3 is 15.5 Å². The minimum atomic E-state index is 0. The molecule has 2 N–H and O–H groups in total. The third kappa shape index (κ3) is 9.19. The Bertz CT molecular complexity index is 568. The van der Waals surface area contributed by atoms with Gasteiger partial charge in [0.05, 0.1) is 0 Å². The summed E-state index contributed by atoms with van der Waals surface area (Å²) in [5.74, 6) is 0.930. The van der Waals surface area contributed by atoms with Crippen LogP contribution < -0.4 is 10.6 Å². The lowest BCUT2D eigenvalue weighted by Crippen LogP contribution is -2.49. The molecule has 3 rings (SSSR count). The largest absolute Gasteiger partial charge is 0.355 e. The summed E-state index contributed by atoms with van der Waals surface area (Å²) in [6, 6.07) is 10.8. The number of halogens is 1. The zero-order chi connectivity index (χ0) is 19.4. The lowest BCUT2D eigenvalue weighted by molar-refractivity contribution is 0.129. The zero-order valence-corrected chi connectivity index (χ0v) is 20.3. The predicted molar refractivity (Wildman–Crippen MR) is 133 cm³/mol. The highest BCUT2D eigenvalue weighted by Gasteiger charge is 2.16. The van der Waals surface area contributed by atoms with Gasteiger partial charge in [0.1, 0.15) is 0 Å². The molecule has 0 saturated carbocycles. The van der Waals surface area contributed by atoms with Gasteiger partial charge in [0.25, 0.3) is 0 Å². The fourth-order valence-corrected chi connectivity index (χ4v) is 4.08. The molecule has 2 aliphatic heterocycles. The molecule has 0 radical (unpaired) electrons. The number of hydrogen-bond donors (Lipinski definition) is 2. The van der Waals surface area contributed by atoms with Crippen molar-refractivity contribution < 1.29 is 0 Å². The summed E-state index contributed by atoms with van der Waals surface area (Å²) < 4.78 is 0. The first-order valence-electron chi connectivity index (χ1n) is 11.0. The van der Waals surface area contributed by atoms with Crippen molar-refractivity contribution in [1.29, 1.82) is 0 Å². The third-order valence-corrected chi connectivity index (χ3v) is 5.83. The maximum Gasteiger partial charge on any atom is 0.191 e. The summed E-state index contributed by atoms with van der Waals surface area (Å²) >= 11 is 0. The van der Waals surface area contributed by atoms with Crippen LogP contribution in [0.5, 0.6) is 0 Å². The molecule has 2 heterocycles. The fraction of sp³-hybridized carbons (Fsp3) is 0.682. The van der Waals surface area contributed by atoms with Crippen LogP contribution in [0.15, 0.2) is 35.3 Å². The SMILES string of the molecule is CN=C(NCCN1CCCCC1)NCCN1CCN(Cc2ccccc2)CC1.I. The number of guanidine groups is 1. The molecule has 2 aliphatic rings. The molecule has 6 nitrogen and oxygen atoms in total. The Morgan fingerprint density at radius 2 is 1.34 bits per heavy atom. The minimum absolute atomic E-state index is 0. The molecule has 2 saturated heterocycles. The monoisotopic (exact) mass is 514 g/mol. The molecule has 1 aromatic rings. The Labute approximate surface area is 194 Å². The second-order valence-electron chi connectivity index (χ2n) is 7.93. The summed E-state index contributed by atoms with van der Waals surface area (Å²) in [7, 11) is 1.86. The van der Waals surface area contributed by atoms with Gasteiger partial charge in [0, 0.05) is 66.0 Å². The molecule has 0 spiro atoms. The summed E-state index contributed by atoms with van der Waals surface area (Å²) in [5.41, 5.74) is 1.41. The van der Waals surface area contributed by atoms with Crippen molar-refractivity contribution in [3.05, 3.63) is 35.9 Å². The van der Waals surface area contributed by atoms with E-state index in [0.717, 1.165) is 64.9 Å². The van der Waals surface area contributed by atoms with E-state index in [4.69, 9.17) is 0 Å².